The maximum Gasteiger partial charge on any atom is 0.191 e. The Kier molecular flexibility index (Phi) is 8.79. The Morgan fingerprint density at radius 3 is 2.80 bits per heavy atom. The van der Waals surface area contributed by atoms with Gasteiger partial charge in [0.05, 0.1) is 13.1 Å². The maximum atomic E-state index is 12.1. The molecule has 0 bridgehead atoms. The van der Waals surface area contributed by atoms with Crippen LogP contribution in [0.4, 0.5) is 0 Å². The molecule has 2 N–H and O–H groups in total. The first-order chi connectivity index (χ1) is 11.3. The number of halogens is 1. The summed E-state index contributed by atoms with van der Waals surface area (Å²) in [6, 6.07) is 0.282. The van der Waals surface area contributed by atoms with Gasteiger partial charge in [-0.25, -0.2) is 9.67 Å². The van der Waals surface area contributed by atoms with Crippen molar-refractivity contribution in [2.75, 3.05) is 18.8 Å². The molecule has 0 aliphatic carbocycles. The van der Waals surface area contributed by atoms with Crippen LogP contribution in [0.1, 0.15) is 45.8 Å². The normalized spacial score (nSPS) is 18.9. The van der Waals surface area contributed by atoms with Gasteiger partial charge in [0.25, 0.3) is 0 Å². The predicted octanol–water partition coefficient (Wildman–Crippen LogP) is 1.62. The smallest absolute Gasteiger partial charge is 0.191 e. The first kappa shape index (κ1) is 22.3. The summed E-state index contributed by atoms with van der Waals surface area (Å²) >= 11 is 0. The van der Waals surface area contributed by atoms with Crippen molar-refractivity contribution in [2.45, 2.75) is 64.8 Å². The van der Waals surface area contributed by atoms with Crippen molar-refractivity contribution in [2.24, 2.45) is 4.99 Å². The molecule has 2 rings (SSSR count). The SMILES string of the molecule is CCNC(=NCCS(=O)C(C)(C)C)NC1CCc2nc(C)nn2C1.I. The maximum absolute atomic E-state index is 12.1. The minimum atomic E-state index is -0.876. The van der Waals surface area contributed by atoms with Gasteiger partial charge in [-0.3, -0.25) is 9.20 Å². The second-order valence-electron chi connectivity index (χ2n) is 7.06. The van der Waals surface area contributed by atoms with Crippen LogP contribution in [0.5, 0.6) is 0 Å². The van der Waals surface area contributed by atoms with E-state index in [1.807, 2.05) is 39.3 Å². The van der Waals surface area contributed by atoms with E-state index in [0.717, 1.165) is 43.5 Å². The van der Waals surface area contributed by atoms with Crippen LogP contribution in [-0.4, -0.2) is 54.6 Å². The molecule has 2 unspecified atom stereocenters. The summed E-state index contributed by atoms with van der Waals surface area (Å²) in [6.45, 7) is 12.1. The van der Waals surface area contributed by atoms with Crippen molar-refractivity contribution in [1.82, 2.24) is 25.4 Å². The van der Waals surface area contributed by atoms with Crippen LogP contribution in [0.3, 0.4) is 0 Å². The Morgan fingerprint density at radius 2 is 2.16 bits per heavy atom. The fraction of sp³-hybridized carbons (Fsp3) is 0.812. The average molecular weight is 482 g/mol. The van der Waals surface area contributed by atoms with E-state index in [-0.39, 0.29) is 34.8 Å². The number of rotatable bonds is 5. The zero-order valence-electron chi connectivity index (χ0n) is 15.8. The first-order valence-corrected chi connectivity index (χ1v) is 9.95. The molecular weight excluding hydrogens is 451 g/mol. The van der Waals surface area contributed by atoms with Crippen LogP contribution in [-0.2, 0) is 23.8 Å². The summed E-state index contributed by atoms with van der Waals surface area (Å²) in [4.78, 5) is 9.02. The molecule has 0 saturated heterocycles. The summed E-state index contributed by atoms with van der Waals surface area (Å²) in [5.74, 6) is 3.26. The first-order valence-electron chi connectivity index (χ1n) is 8.63. The number of aryl methyl sites for hydroxylation is 2. The highest BCUT2D eigenvalue weighted by Gasteiger charge is 2.22. The summed E-state index contributed by atoms with van der Waals surface area (Å²) in [6.07, 6.45) is 1.93. The van der Waals surface area contributed by atoms with E-state index >= 15 is 0 Å². The second-order valence-corrected chi connectivity index (χ2v) is 9.38. The highest BCUT2D eigenvalue weighted by Crippen LogP contribution is 2.13. The number of hydrogen-bond donors (Lipinski definition) is 2. The molecule has 7 nitrogen and oxygen atoms in total. The van der Waals surface area contributed by atoms with Crippen molar-refractivity contribution in [3.63, 3.8) is 0 Å². The van der Waals surface area contributed by atoms with E-state index in [4.69, 9.17) is 0 Å². The minimum absolute atomic E-state index is 0. The standard InChI is InChI=1S/C16H30N6OS.HI/c1-6-17-15(18-9-10-24(23)16(3,4)5)20-13-7-8-14-19-12(2)21-22(14)11-13;/h13H,6-11H2,1-5H3,(H2,17,18,20);1H. The molecule has 1 aromatic rings. The van der Waals surface area contributed by atoms with E-state index in [0.29, 0.717) is 12.3 Å². The van der Waals surface area contributed by atoms with Gasteiger partial charge in [-0.1, -0.05) is 0 Å². The molecule has 2 atom stereocenters. The van der Waals surface area contributed by atoms with Crippen LogP contribution >= 0.6 is 24.0 Å². The Bertz CT molecular complexity index is 610. The van der Waals surface area contributed by atoms with E-state index in [9.17, 15) is 4.21 Å². The number of guanidine groups is 1. The lowest BCUT2D eigenvalue weighted by atomic mass is 10.1. The van der Waals surface area contributed by atoms with E-state index in [1.54, 1.807) is 0 Å². The van der Waals surface area contributed by atoms with Gasteiger partial charge in [-0.15, -0.1) is 24.0 Å². The van der Waals surface area contributed by atoms with Gasteiger partial charge in [-0.05, 0) is 41.0 Å². The van der Waals surface area contributed by atoms with Gasteiger partial charge >= 0.3 is 0 Å². The van der Waals surface area contributed by atoms with Gasteiger partial charge in [0.15, 0.2) is 5.96 Å². The van der Waals surface area contributed by atoms with Gasteiger partial charge in [0.2, 0.25) is 0 Å². The lowest BCUT2D eigenvalue weighted by Crippen LogP contribution is -2.47. The molecule has 2 heterocycles. The molecule has 0 spiro atoms. The molecule has 0 saturated carbocycles. The Morgan fingerprint density at radius 1 is 1.44 bits per heavy atom. The fourth-order valence-corrected chi connectivity index (χ4v) is 3.48. The van der Waals surface area contributed by atoms with Gasteiger partial charge in [0, 0.05) is 40.3 Å². The van der Waals surface area contributed by atoms with Crippen molar-refractivity contribution in [3.8, 4) is 0 Å². The Hall–Kier alpha value is -0.710. The molecule has 0 aromatic carbocycles. The minimum Gasteiger partial charge on any atom is -0.357 e. The van der Waals surface area contributed by atoms with E-state index < -0.39 is 10.8 Å². The van der Waals surface area contributed by atoms with Crippen molar-refractivity contribution in [3.05, 3.63) is 11.6 Å². The van der Waals surface area contributed by atoms with Crippen molar-refractivity contribution < 1.29 is 4.21 Å². The lowest BCUT2D eigenvalue weighted by Gasteiger charge is -2.25. The van der Waals surface area contributed by atoms with Gasteiger partial charge in [0.1, 0.15) is 11.6 Å². The van der Waals surface area contributed by atoms with E-state index in [2.05, 4.69) is 25.7 Å². The van der Waals surface area contributed by atoms with Crippen molar-refractivity contribution in [1.29, 1.82) is 0 Å². The summed E-state index contributed by atoms with van der Waals surface area (Å²) < 4.78 is 13.9. The van der Waals surface area contributed by atoms with Crippen LogP contribution in [0.25, 0.3) is 0 Å². The predicted molar refractivity (Wildman–Crippen MR) is 114 cm³/mol. The summed E-state index contributed by atoms with van der Waals surface area (Å²) in [5, 5.41) is 11.2. The topological polar surface area (TPSA) is 84.2 Å². The number of nitrogens with zero attached hydrogens (tertiary/aromatic N) is 4. The van der Waals surface area contributed by atoms with Crippen LogP contribution < -0.4 is 10.6 Å². The number of aliphatic imine (C=N–C) groups is 1. The lowest BCUT2D eigenvalue weighted by molar-refractivity contribution is 0.392. The third-order valence-corrected chi connectivity index (χ3v) is 5.80. The second kappa shape index (κ2) is 9.84. The molecule has 25 heavy (non-hydrogen) atoms. The average Bonchev–Trinajstić information content (AvgIpc) is 2.85. The van der Waals surface area contributed by atoms with Crippen molar-refractivity contribution >= 4 is 40.7 Å². The highest BCUT2D eigenvalue weighted by atomic mass is 127. The molecule has 1 aliphatic rings. The van der Waals surface area contributed by atoms with Gasteiger partial charge < -0.3 is 10.6 Å². The molecule has 0 fully saturated rings. The molecule has 0 amide bonds. The number of aromatic nitrogens is 3. The molecular formula is C16H31IN6OS. The number of fused-ring (bicyclic) bond motifs is 1. The third kappa shape index (κ3) is 6.84. The third-order valence-electron chi connectivity index (χ3n) is 3.88. The Balaban J connectivity index is 0.00000312. The van der Waals surface area contributed by atoms with E-state index in [1.165, 1.54) is 0 Å². The largest absolute Gasteiger partial charge is 0.357 e. The molecule has 9 heteroatoms. The monoisotopic (exact) mass is 482 g/mol. The summed E-state index contributed by atoms with van der Waals surface area (Å²) in [5.41, 5.74) is 0. The zero-order chi connectivity index (χ0) is 17.7. The molecule has 0 radical (unpaired) electrons. The zero-order valence-corrected chi connectivity index (χ0v) is 19.0. The molecule has 1 aromatic heterocycles. The Labute approximate surface area is 170 Å². The fourth-order valence-electron chi connectivity index (χ4n) is 2.61. The summed E-state index contributed by atoms with van der Waals surface area (Å²) in [7, 11) is -0.876. The molecule has 1 aliphatic heterocycles. The van der Waals surface area contributed by atoms with Crippen LogP contribution in [0.2, 0.25) is 0 Å². The van der Waals surface area contributed by atoms with Gasteiger partial charge in [-0.2, -0.15) is 5.10 Å². The highest BCUT2D eigenvalue weighted by molar-refractivity contribution is 14.0. The quantitative estimate of drug-likeness (QED) is 0.379. The van der Waals surface area contributed by atoms with Crippen LogP contribution in [0, 0.1) is 6.92 Å². The number of hydrogen-bond acceptors (Lipinski definition) is 4. The number of nitrogens with one attached hydrogen (secondary N) is 2. The van der Waals surface area contributed by atoms with Crippen LogP contribution in [0.15, 0.2) is 4.99 Å². The molecule has 144 valence electrons.